The Morgan fingerprint density at radius 2 is 1.90 bits per heavy atom. The van der Waals surface area contributed by atoms with Crippen LogP contribution in [-0.2, 0) is 0 Å². The lowest BCUT2D eigenvalue weighted by atomic mass is 9.98. The van der Waals surface area contributed by atoms with Crippen molar-refractivity contribution in [1.82, 2.24) is 5.32 Å². The highest BCUT2D eigenvalue weighted by Crippen LogP contribution is 2.29. The number of hydrogen-bond acceptors (Lipinski definition) is 2. The Hall–Kier alpha value is -1.58. The Morgan fingerprint density at radius 1 is 1.20 bits per heavy atom. The molecule has 0 aliphatic rings. The zero-order valence-electron chi connectivity index (χ0n) is 11.5. The molecule has 2 aromatic carbocycles. The van der Waals surface area contributed by atoms with Crippen LogP contribution in [-0.4, -0.2) is 13.7 Å². The zero-order valence-corrected chi connectivity index (χ0v) is 12.2. The van der Waals surface area contributed by atoms with Gasteiger partial charge in [-0.3, -0.25) is 0 Å². The average molecular weight is 294 g/mol. The van der Waals surface area contributed by atoms with Crippen molar-refractivity contribution >= 4 is 11.6 Å². The minimum absolute atomic E-state index is 0.0704. The molecule has 0 radical (unpaired) electrons. The van der Waals surface area contributed by atoms with Crippen molar-refractivity contribution in [3.8, 4) is 5.75 Å². The third-order valence-electron chi connectivity index (χ3n) is 3.13. The van der Waals surface area contributed by atoms with Gasteiger partial charge in [-0.15, -0.1) is 0 Å². The largest absolute Gasteiger partial charge is 0.497 e. The molecule has 0 fully saturated rings. The molecule has 0 saturated carbocycles. The Bertz CT molecular complexity index is 571. The van der Waals surface area contributed by atoms with E-state index < -0.39 is 0 Å². The summed E-state index contributed by atoms with van der Waals surface area (Å²) in [6.45, 7) is 2.80. The van der Waals surface area contributed by atoms with E-state index in [0.717, 1.165) is 23.4 Å². The minimum atomic E-state index is -0.330. The Morgan fingerprint density at radius 3 is 2.45 bits per heavy atom. The van der Waals surface area contributed by atoms with Crippen molar-refractivity contribution < 1.29 is 9.13 Å². The third-order valence-corrected chi connectivity index (χ3v) is 3.46. The lowest BCUT2D eigenvalue weighted by molar-refractivity contribution is 0.414. The molecule has 0 amide bonds. The zero-order chi connectivity index (χ0) is 14.5. The van der Waals surface area contributed by atoms with Gasteiger partial charge in [-0.05, 0) is 41.9 Å². The molecule has 2 aromatic rings. The van der Waals surface area contributed by atoms with Crippen LogP contribution in [0.4, 0.5) is 4.39 Å². The van der Waals surface area contributed by atoms with Crippen molar-refractivity contribution in [2.24, 2.45) is 0 Å². The smallest absolute Gasteiger partial charge is 0.124 e. The predicted octanol–water partition coefficient (Wildman–Crippen LogP) is 4.19. The van der Waals surface area contributed by atoms with E-state index in [4.69, 9.17) is 16.3 Å². The minimum Gasteiger partial charge on any atom is -0.497 e. The van der Waals surface area contributed by atoms with Gasteiger partial charge in [0.25, 0.3) is 0 Å². The van der Waals surface area contributed by atoms with Crippen LogP contribution < -0.4 is 10.1 Å². The fraction of sp³-hybridized carbons (Fsp3) is 0.250. The van der Waals surface area contributed by atoms with Gasteiger partial charge in [0, 0.05) is 5.02 Å². The van der Waals surface area contributed by atoms with E-state index in [9.17, 15) is 4.39 Å². The molecule has 0 bridgehead atoms. The van der Waals surface area contributed by atoms with Crippen molar-refractivity contribution in [2.45, 2.75) is 13.0 Å². The summed E-state index contributed by atoms with van der Waals surface area (Å²) in [5.74, 6) is 0.470. The normalized spacial score (nSPS) is 12.2. The molecule has 4 heteroatoms. The van der Waals surface area contributed by atoms with E-state index in [0.29, 0.717) is 5.02 Å². The molecule has 2 rings (SSSR count). The van der Waals surface area contributed by atoms with Crippen LogP contribution in [0.15, 0.2) is 42.5 Å². The Balaban J connectivity index is 2.38. The van der Waals surface area contributed by atoms with Gasteiger partial charge in [0.05, 0.1) is 13.2 Å². The third kappa shape index (κ3) is 3.30. The van der Waals surface area contributed by atoms with Gasteiger partial charge < -0.3 is 10.1 Å². The molecule has 0 aliphatic heterocycles. The van der Waals surface area contributed by atoms with Crippen molar-refractivity contribution in [2.75, 3.05) is 13.7 Å². The van der Waals surface area contributed by atoms with E-state index >= 15 is 0 Å². The number of halogens is 2. The highest BCUT2D eigenvalue weighted by Gasteiger charge is 2.16. The quantitative estimate of drug-likeness (QED) is 0.892. The van der Waals surface area contributed by atoms with E-state index in [1.165, 1.54) is 12.1 Å². The summed E-state index contributed by atoms with van der Waals surface area (Å²) in [5.41, 5.74) is 1.92. The SMILES string of the molecule is CCNC(c1ccc(OC)cc1)c1ccc(F)cc1Cl. The van der Waals surface area contributed by atoms with Crippen LogP contribution in [0, 0.1) is 5.82 Å². The lowest BCUT2D eigenvalue weighted by Crippen LogP contribution is -2.22. The van der Waals surface area contributed by atoms with Crippen LogP contribution in [0.1, 0.15) is 24.1 Å². The first kappa shape index (κ1) is 14.8. The molecule has 0 aliphatic carbocycles. The number of rotatable bonds is 5. The molecular weight excluding hydrogens is 277 g/mol. The molecule has 1 atom stereocenters. The van der Waals surface area contributed by atoms with Gasteiger partial charge in [0.15, 0.2) is 0 Å². The maximum atomic E-state index is 13.2. The molecular formula is C16H17ClFNO. The summed E-state index contributed by atoms with van der Waals surface area (Å²) in [5, 5.41) is 3.79. The van der Waals surface area contributed by atoms with E-state index in [2.05, 4.69) is 5.32 Å². The van der Waals surface area contributed by atoms with Gasteiger partial charge >= 0.3 is 0 Å². The van der Waals surface area contributed by atoms with Gasteiger partial charge in [-0.1, -0.05) is 36.7 Å². The van der Waals surface area contributed by atoms with Gasteiger partial charge in [0.1, 0.15) is 11.6 Å². The Kier molecular flexibility index (Phi) is 4.99. The highest BCUT2D eigenvalue weighted by atomic mass is 35.5. The molecule has 0 spiro atoms. The maximum absolute atomic E-state index is 13.2. The van der Waals surface area contributed by atoms with Crippen molar-refractivity contribution in [1.29, 1.82) is 0 Å². The summed E-state index contributed by atoms with van der Waals surface area (Å²) < 4.78 is 18.3. The number of benzene rings is 2. The molecule has 0 heterocycles. The molecule has 0 saturated heterocycles. The molecule has 0 aromatic heterocycles. The standard InChI is InChI=1S/C16H17ClFNO/c1-3-19-16(11-4-7-13(20-2)8-5-11)14-9-6-12(18)10-15(14)17/h4-10,16,19H,3H2,1-2H3. The van der Waals surface area contributed by atoms with E-state index in [-0.39, 0.29) is 11.9 Å². The van der Waals surface area contributed by atoms with Crippen molar-refractivity contribution in [3.63, 3.8) is 0 Å². The van der Waals surface area contributed by atoms with Crippen molar-refractivity contribution in [3.05, 3.63) is 64.4 Å². The second kappa shape index (κ2) is 6.73. The summed E-state index contributed by atoms with van der Waals surface area (Å²) in [6, 6.07) is 12.2. The second-order valence-electron chi connectivity index (χ2n) is 4.43. The number of hydrogen-bond donors (Lipinski definition) is 1. The molecule has 2 nitrogen and oxygen atoms in total. The monoisotopic (exact) mass is 293 g/mol. The number of nitrogens with one attached hydrogen (secondary N) is 1. The average Bonchev–Trinajstić information content (AvgIpc) is 2.46. The van der Waals surface area contributed by atoms with E-state index in [1.807, 2.05) is 31.2 Å². The van der Waals surface area contributed by atoms with E-state index in [1.54, 1.807) is 13.2 Å². The fourth-order valence-electron chi connectivity index (χ4n) is 2.14. The van der Waals surface area contributed by atoms with Crippen LogP contribution in [0.25, 0.3) is 0 Å². The van der Waals surface area contributed by atoms with Crippen LogP contribution in [0.3, 0.4) is 0 Å². The molecule has 20 heavy (non-hydrogen) atoms. The summed E-state index contributed by atoms with van der Waals surface area (Å²) in [7, 11) is 1.63. The number of methoxy groups -OCH3 is 1. The first-order valence-corrected chi connectivity index (χ1v) is 6.85. The molecule has 1 unspecified atom stereocenters. The fourth-order valence-corrected chi connectivity index (χ4v) is 2.42. The summed E-state index contributed by atoms with van der Waals surface area (Å²) in [4.78, 5) is 0. The first-order chi connectivity index (χ1) is 9.65. The summed E-state index contributed by atoms with van der Waals surface area (Å²) >= 11 is 6.16. The molecule has 1 N–H and O–H groups in total. The van der Waals surface area contributed by atoms with Gasteiger partial charge in [0.2, 0.25) is 0 Å². The van der Waals surface area contributed by atoms with Crippen LogP contribution in [0.2, 0.25) is 5.02 Å². The maximum Gasteiger partial charge on any atom is 0.124 e. The second-order valence-corrected chi connectivity index (χ2v) is 4.84. The lowest BCUT2D eigenvalue weighted by Gasteiger charge is -2.20. The van der Waals surface area contributed by atoms with Crippen LogP contribution >= 0.6 is 11.6 Å². The van der Waals surface area contributed by atoms with Crippen LogP contribution in [0.5, 0.6) is 5.75 Å². The molecule has 106 valence electrons. The predicted molar refractivity (Wildman–Crippen MR) is 79.9 cm³/mol. The Labute approximate surface area is 123 Å². The van der Waals surface area contributed by atoms with Gasteiger partial charge in [-0.2, -0.15) is 0 Å². The highest BCUT2D eigenvalue weighted by molar-refractivity contribution is 6.31. The van der Waals surface area contributed by atoms with Gasteiger partial charge in [-0.25, -0.2) is 4.39 Å². The summed E-state index contributed by atoms with van der Waals surface area (Å²) in [6.07, 6.45) is 0. The number of ether oxygens (including phenoxy) is 1. The first-order valence-electron chi connectivity index (χ1n) is 6.48. The topological polar surface area (TPSA) is 21.3 Å².